The molecule has 0 atom stereocenters. The first-order valence-corrected chi connectivity index (χ1v) is 4.79. The number of alkyl halides is 2. The monoisotopic (exact) mass is 251 g/mol. The van der Waals surface area contributed by atoms with Crippen LogP contribution in [0.1, 0.15) is 0 Å². The minimum Gasteiger partial charge on any atom is -0.259 e. The highest BCUT2D eigenvalue weighted by Crippen LogP contribution is 2.24. The molecule has 2 heterocycles. The maximum absolute atomic E-state index is 12.2. The summed E-state index contributed by atoms with van der Waals surface area (Å²) < 4.78 is 25.5. The molecule has 0 fully saturated rings. The Morgan fingerprint density at radius 3 is 2.80 bits per heavy atom. The Morgan fingerprint density at radius 1 is 1.40 bits per heavy atom. The first-order chi connectivity index (χ1) is 7.08. The molecule has 0 bridgehead atoms. The molecule has 0 unspecified atom stereocenters. The number of aromatic nitrogens is 3. The van der Waals surface area contributed by atoms with Crippen molar-refractivity contribution in [3.8, 4) is 0 Å². The lowest BCUT2D eigenvalue weighted by atomic mass is 10.3. The van der Waals surface area contributed by atoms with Gasteiger partial charge in [0.2, 0.25) is 0 Å². The lowest BCUT2D eigenvalue weighted by molar-refractivity contribution is 0.123. The number of rotatable bonds is 2. The van der Waals surface area contributed by atoms with E-state index in [0.29, 0.717) is 10.9 Å². The summed E-state index contributed by atoms with van der Waals surface area (Å²) in [6, 6.07) is 1.46. The molecule has 2 rings (SSSR count). The fourth-order valence-electron chi connectivity index (χ4n) is 1.28. The van der Waals surface area contributed by atoms with Crippen LogP contribution in [-0.2, 0) is 6.54 Å². The summed E-state index contributed by atoms with van der Waals surface area (Å²) in [6.07, 6.45) is -1.08. The summed E-state index contributed by atoms with van der Waals surface area (Å²) in [5.74, 6) is 0. The number of fused-ring (bicyclic) bond motifs is 1. The van der Waals surface area contributed by atoms with E-state index in [-0.39, 0.29) is 10.3 Å². The maximum Gasteiger partial charge on any atom is 0.257 e. The van der Waals surface area contributed by atoms with Gasteiger partial charge in [0, 0.05) is 6.07 Å². The lowest BCUT2D eigenvalue weighted by Gasteiger charge is -2.02. The molecule has 0 N–H and O–H groups in total. The van der Waals surface area contributed by atoms with Crippen LogP contribution in [0.5, 0.6) is 0 Å². The highest BCUT2D eigenvalue weighted by molar-refractivity contribution is 6.36. The van der Waals surface area contributed by atoms with Crippen molar-refractivity contribution in [3.63, 3.8) is 0 Å². The van der Waals surface area contributed by atoms with Crippen molar-refractivity contribution in [1.82, 2.24) is 14.8 Å². The molecule has 0 aliphatic heterocycles. The van der Waals surface area contributed by atoms with Crippen molar-refractivity contribution >= 4 is 34.1 Å². The number of hydrogen-bond donors (Lipinski definition) is 0. The van der Waals surface area contributed by atoms with Crippen LogP contribution in [0.3, 0.4) is 0 Å². The summed E-state index contributed by atoms with van der Waals surface area (Å²) in [6.45, 7) is -0.486. The third kappa shape index (κ3) is 2.03. The third-order valence-corrected chi connectivity index (χ3v) is 2.36. The van der Waals surface area contributed by atoms with Crippen LogP contribution in [0.25, 0.3) is 10.9 Å². The minimum absolute atomic E-state index is 0.156. The smallest absolute Gasteiger partial charge is 0.257 e. The Morgan fingerprint density at radius 2 is 2.13 bits per heavy atom. The first-order valence-electron chi connectivity index (χ1n) is 4.03. The molecule has 15 heavy (non-hydrogen) atoms. The average molecular weight is 252 g/mol. The Balaban J connectivity index is 2.58. The molecule has 0 saturated carbocycles. The molecular formula is C8H5Cl2F2N3. The largest absolute Gasteiger partial charge is 0.259 e. The van der Waals surface area contributed by atoms with E-state index in [4.69, 9.17) is 23.2 Å². The van der Waals surface area contributed by atoms with Crippen LogP contribution in [-0.4, -0.2) is 21.2 Å². The molecule has 0 amide bonds. The molecule has 0 aliphatic rings. The molecule has 0 aromatic carbocycles. The quantitative estimate of drug-likeness (QED) is 0.769. The second-order valence-corrected chi connectivity index (χ2v) is 3.63. The van der Waals surface area contributed by atoms with Gasteiger partial charge in [0.15, 0.2) is 0 Å². The van der Waals surface area contributed by atoms with Crippen molar-refractivity contribution in [3.05, 3.63) is 22.6 Å². The number of hydrogen-bond acceptors (Lipinski definition) is 2. The van der Waals surface area contributed by atoms with Crippen molar-refractivity contribution in [2.45, 2.75) is 13.0 Å². The van der Waals surface area contributed by atoms with E-state index in [1.807, 2.05) is 0 Å². The highest BCUT2D eigenvalue weighted by Gasteiger charge is 2.12. The van der Waals surface area contributed by atoms with Crippen molar-refractivity contribution in [2.75, 3.05) is 0 Å². The predicted octanol–water partition coefficient (Wildman–Crippen LogP) is 3.00. The Bertz CT molecular complexity index is 498. The van der Waals surface area contributed by atoms with Crippen molar-refractivity contribution in [2.24, 2.45) is 0 Å². The summed E-state index contributed by atoms with van der Waals surface area (Å²) in [4.78, 5) is 3.78. The number of nitrogens with zero attached hydrogens (tertiary/aromatic N) is 3. The molecule has 0 aliphatic carbocycles. The van der Waals surface area contributed by atoms with Gasteiger partial charge in [0.25, 0.3) is 6.43 Å². The van der Waals surface area contributed by atoms with E-state index < -0.39 is 13.0 Å². The van der Waals surface area contributed by atoms with E-state index in [1.165, 1.54) is 12.3 Å². The first kappa shape index (κ1) is 10.6. The molecule has 80 valence electrons. The molecule has 0 radical (unpaired) electrons. The fraction of sp³-hybridized carbons (Fsp3) is 0.250. The van der Waals surface area contributed by atoms with Crippen molar-refractivity contribution in [1.29, 1.82) is 0 Å². The number of pyridine rings is 1. The van der Waals surface area contributed by atoms with Gasteiger partial charge in [-0.15, -0.1) is 0 Å². The van der Waals surface area contributed by atoms with Gasteiger partial charge in [0.05, 0.1) is 17.1 Å². The molecule has 2 aromatic heterocycles. The van der Waals surface area contributed by atoms with E-state index in [2.05, 4.69) is 10.1 Å². The van der Waals surface area contributed by atoms with E-state index in [1.54, 1.807) is 0 Å². The predicted molar refractivity (Wildman–Crippen MR) is 53.6 cm³/mol. The van der Waals surface area contributed by atoms with Crippen LogP contribution < -0.4 is 0 Å². The topological polar surface area (TPSA) is 30.7 Å². The Labute approximate surface area is 93.6 Å². The van der Waals surface area contributed by atoms with Crippen molar-refractivity contribution < 1.29 is 8.78 Å². The zero-order valence-electron chi connectivity index (χ0n) is 7.29. The van der Waals surface area contributed by atoms with Gasteiger partial charge < -0.3 is 0 Å². The van der Waals surface area contributed by atoms with Gasteiger partial charge in [-0.25, -0.2) is 13.8 Å². The van der Waals surface area contributed by atoms with Gasteiger partial charge in [-0.2, -0.15) is 5.10 Å². The van der Waals surface area contributed by atoms with Gasteiger partial charge in [-0.1, -0.05) is 23.2 Å². The lowest BCUT2D eigenvalue weighted by Crippen LogP contribution is -2.07. The van der Waals surface area contributed by atoms with Gasteiger partial charge in [0.1, 0.15) is 16.9 Å². The van der Waals surface area contributed by atoms with Crippen LogP contribution in [0.2, 0.25) is 10.3 Å². The summed E-state index contributed by atoms with van der Waals surface area (Å²) >= 11 is 11.4. The summed E-state index contributed by atoms with van der Waals surface area (Å²) in [7, 11) is 0. The van der Waals surface area contributed by atoms with Gasteiger partial charge in [-0.3, -0.25) is 4.68 Å². The van der Waals surface area contributed by atoms with E-state index in [9.17, 15) is 8.78 Å². The van der Waals surface area contributed by atoms with Crippen LogP contribution in [0.15, 0.2) is 12.3 Å². The Hall–Kier alpha value is -0.940. The van der Waals surface area contributed by atoms with Crippen LogP contribution >= 0.6 is 23.2 Å². The summed E-state index contributed by atoms with van der Waals surface area (Å²) in [5.41, 5.74) is 0.459. The minimum atomic E-state index is -2.47. The van der Waals surface area contributed by atoms with Gasteiger partial charge >= 0.3 is 0 Å². The highest BCUT2D eigenvalue weighted by atomic mass is 35.5. The van der Waals surface area contributed by atoms with Crippen LogP contribution in [0.4, 0.5) is 8.78 Å². The molecule has 3 nitrogen and oxygen atoms in total. The number of halogens is 4. The molecule has 7 heteroatoms. The third-order valence-electron chi connectivity index (χ3n) is 1.87. The fourth-order valence-corrected chi connectivity index (χ4v) is 1.75. The standard InChI is InChI=1S/C8H5Cl2F2N3/c9-6-1-5-4(8(10)14-6)2-13-15(5)3-7(11)12/h1-2,7H,3H2. The van der Waals surface area contributed by atoms with Crippen LogP contribution in [0, 0.1) is 0 Å². The maximum atomic E-state index is 12.2. The summed E-state index contributed by atoms with van der Waals surface area (Å²) in [5, 5.41) is 4.63. The van der Waals surface area contributed by atoms with E-state index >= 15 is 0 Å². The zero-order chi connectivity index (χ0) is 11.0. The zero-order valence-corrected chi connectivity index (χ0v) is 8.80. The second-order valence-electron chi connectivity index (χ2n) is 2.89. The molecule has 2 aromatic rings. The molecule has 0 spiro atoms. The second kappa shape index (κ2) is 3.90. The SMILES string of the molecule is FC(F)Cn1ncc2c(Cl)nc(Cl)cc21. The Kier molecular flexibility index (Phi) is 2.75. The average Bonchev–Trinajstić information content (AvgIpc) is 2.48. The molecule has 0 saturated heterocycles. The normalized spacial score (nSPS) is 11.5. The van der Waals surface area contributed by atoms with E-state index in [0.717, 1.165) is 4.68 Å². The molecular weight excluding hydrogens is 247 g/mol. The van der Waals surface area contributed by atoms with Gasteiger partial charge in [-0.05, 0) is 0 Å².